The van der Waals surface area contributed by atoms with Gasteiger partial charge in [-0.25, -0.2) is 0 Å². The summed E-state index contributed by atoms with van der Waals surface area (Å²) >= 11 is 1.62. The molecule has 112 valence electrons. The molecule has 3 atom stereocenters. The summed E-state index contributed by atoms with van der Waals surface area (Å²) in [5.41, 5.74) is 4.98. The van der Waals surface area contributed by atoms with E-state index in [1.165, 1.54) is 0 Å². The molecule has 1 saturated carbocycles. The van der Waals surface area contributed by atoms with Crippen LogP contribution in [0, 0.1) is 0 Å². The average Bonchev–Trinajstić information content (AvgIpc) is 2.35. The second-order valence-corrected chi connectivity index (χ2v) is 6.97. The third kappa shape index (κ3) is 4.95. The minimum Gasteiger partial charge on any atom is -0.394 e. The molecule has 0 aromatic heterocycles. The van der Waals surface area contributed by atoms with Gasteiger partial charge in [0.15, 0.2) is 0 Å². The third-order valence-corrected chi connectivity index (χ3v) is 4.93. The van der Waals surface area contributed by atoms with Gasteiger partial charge in [-0.2, -0.15) is 11.8 Å². The van der Waals surface area contributed by atoms with Crippen molar-refractivity contribution in [3.8, 4) is 0 Å². The van der Waals surface area contributed by atoms with Gasteiger partial charge in [-0.05, 0) is 39.5 Å². The Morgan fingerprint density at radius 3 is 2.79 bits per heavy atom. The van der Waals surface area contributed by atoms with Crippen molar-refractivity contribution in [3.63, 3.8) is 0 Å². The van der Waals surface area contributed by atoms with Crippen LogP contribution in [0.25, 0.3) is 0 Å². The Labute approximate surface area is 119 Å². The molecule has 0 bridgehead atoms. The van der Waals surface area contributed by atoms with Crippen LogP contribution in [0.1, 0.15) is 39.5 Å². The maximum atomic E-state index is 11.8. The Balaban J connectivity index is 2.61. The van der Waals surface area contributed by atoms with Crippen molar-refractivity contribution >= 4 is 17.7 Å². The highest BCUT2D eigenvalue weighted by Gasteiger charge is 2.41. The summed E-state index contributed by atoms with van der Waals surface area (Å²) in [5.74, 6) is 0.215. The molecule has 0 aliphatic heterocycles. The molecule has 1 amide bonds. The second-order valence-electron chi connectivity index (χ2n) is 5.63. The molecule has 19 heavy (non-hydrogen) atoms. The van der Waals surface area contributed by atoms with Gasteiger partial charge in [0.1, 0.15) is 0 Å². The lowest BCUT2D eigenvalue weighted by Gasteiger charge is -2.40. The molecule has 1 aliphatic rings. The summed E-state index contributed by atoms with van der Waals surface area (Å²) < 4.78 is 0. The minimum atomic E-state index is -0.687. The fourth-order valence-electron chi connectivity index (χ4n) is 2.65. The van der Waals surface area contributed by atoms with Crippen LogP contribution in [0.5, 0.6) is 0 Å². The minimum absolute atomic E-state index is 0.208. The molecule has 6 heteroatoms. The summed E-state index contributed by atoms with van der Waals surface area (Å²) in [7, 11) is 0. The summed E-state index contributed by atoms with van der Waals surface area (Å²) in [4.78, 5) is 11.8. The van der Waals surface area contributed by atoms with E-state index in [1.807, 2.05) is 13.8 Å². The first kappa shape index (κ1) is 16.8. The van der Waals surface area contributed by atoms with Crippen LogP contribution < -0.4 is 11.1 Å². The highest BCUT2D eigenvalue weighted by molar-refractivity contribution is 7.99. The third-order valence-electron chi connectivity index (χ3n) is 3.48. The van der Waals surface area contributed by atoms with Gasteiger partial charge in [0.2, 0.25) is 5.91 Å². The SMILES string of the molecule is CC(C)NC1(C(N)=O)CCCC(SCC(O)CO)C1. The van der Waals surface area contributed by atoms with Gasteiger partial charge in [-0.3, -0.25) is 4.79 Å². The van der Waals surface area contributed by atoms with E-state index in [9.17, 15) is 9.90 Å². The number of carbonyl (C=O) groups excluding carboxylic acids is 1. The van der Waals surface area contributed by atoms with E-state index in [0.29, 0.717) is 17.4 Å². The Kier molecular flexibility index (Phi) is 6.59. The van der Waals surface area contributed by atoms with Crippen molar-refractivity contribution in [2.75, 3.05) is 12.4 Å². The van der Waals surface area contributed by atoms with Crippen molar-refractivity contribution in [3.05, 3.63) is 0 Å². The number of nitrogens with one attached hydrogen (secondary N) is 1. The molecule has 0 aromatic carbocycles. The first-order valence-corrected chi connectivity index (χ1v) is 7.92. The molecule has 0 aromatic rings. The quantitative estimate of drug-likeness (QED) is 0.539. The second kappa shape index (κ2) is 7.47. The number of primary amides is 1. The molecule has 3 unspecified atom stereocenters. The fourth-order valence-corrected chi connectivity index (χ4v) is 3.98. The number of thioether (sulfide) groups is 1. The maximum Gasteiger partial charge on any atom is 0.237 e. The first-order chi connectivity index (χ1) is 8.89. The van der Waals surface area contributed by atoms with Gasteiger partial charge >= 0.3 is 0 Å². The Bertz CT molecular complexity index is 302. The van der Waals surface area contributed by atoms with Crippen LogP contribution in [0.4, 0.5) is 0 Å². The van der Waals surface area contributed by atoms with Crippen LogP contribution in [-0.4, -0.2) is 51.4 Å². The normalized spacial score (nSPS) is 29.4. The van der Waals surface area contributed by atoms with Gasteiger partial charge in [-0.15, -0.1) is 0 Å². The van der Waals surface area contributed by atoms with E-state index in [0.717, 1.165) is 19.3 Å². The summed E-state index contributed by atoms with van der Waals surface area (Å²) in [6.45, 7) is 3.80. The highest BCUT2D eigenvalue weighted by atomic mass is 32.2. The smallest absolute Gasteiger partial charge is 0.237 e. The molecule has 0 heterocycles. The molecule has 1 rings (SSSR count). The highest BCUT2D eigenvalue weighted by Crippen LogP contribution is 2.35. The van der Waals surface area contributed by atoms with Crippen molar-refractivity contribution in [1.29, 1.82) is 0 Å². The predicted molar refractivity (Wildman–Crippen MR) is 78.0 cm³/mol. The number of aliphatic hydroxyl groups excluding tert-OH is 2. The number of nitrogens with two attached hydrogens (primary N) is 1. The molecule has 5 nitrogen and oxygen atoms in total. The van der Waals surface area contributed by atoms with E-state index in [4.69, 9.17) is 10.8 Å². The largest absolute Gasteiger partial charge is 0.394 e. The first-order valence-electron chi connectivity index (χ1n) is 6.88. The van der Waals surface area contributed by atoms with Crippen LogP contribution in [-0.2, 0) is 4.79 Å². The number of carbonyl (C=O) groups is 1. The molecule has 0 radical (unpaired) electrons. The Morgan fingerprint density at radius 1 is 1.58 bits per heavy atom. The van der Waals surface area contributed by atoms with E-state index in [2.05, 4.69) is 5.32 Å². The van der Waals surface area contributed by atoms with Crippen molar-refractivity contribution in [2.24, 2.45) is 5.73 Å². The lowest BCUT2D eigenvalue weighted by molar-refractivity contribution is -0.126. The number of hydrogen-bond donors (Lipinski definition) is 4. The van der Waals surface area contributed by atoms with Crippen LogP contribution in [0.2, 0.25) is 0 Å². The van der Waals surface area contributed by atoms with Gasteiger partial charge in [-0.1, -0.05) is 0 Å². The lowest BCUT2D eigenvalue weighted by atomic mass is 9.80. The van der Waals surface area contributed by atoms with Crippen molar-refractivity contribution in [1.82, 2.24) is 5.32 Å². The zero-order valence-corrected chi connectivity index (χ0v) is 12.6. The van der Waals surface area contributed by atoms with E-state index >= 15 is 0 Å². The molecule has 1 fully saturated rings. The molecular weight excluding hydrogens is 264 g/mol. The van der Waals surface area contributed by atoms with Gasteiger partial charge in [0.25, 0.3) is 0 Å². The molecular formula is C13H26N2O3S. The topological polar surface area (TPSA) is 95.6 Å². The molecule has 0 saturated heterocycles. The number of hydrogen-bond acceptors (Lipinski definition) is 5. The van der Waals surface area contributed by atoms with E-state index < -0.39 is 11.6 Å². The maximum absolute atomic E-state index is 11.8. The van der Waals surface area contributed by atoms with Crippen molar-refractivity contribution < 1.29 is 15.0 Å². The zero-order chi connectivity index (χ0) is 14.5. The Morgan fingerprint density at radius 2 is 2.26 bits per heavy atom. The van der Waals surface area contributed by atoms with Crippen LogP contribution >= 0.6 is 11.8 Å². The number of rotatable bonds is 7. The fraction of sp³-hybridized carbons (Fsp3) is 0.923. The summed E-state index contributed by atoms with van der Waals surface area (Å²) in [5, 5.41) is 21.8. The summed E-state index contributed by atoms with van der Waals surface area (Å²) in [6, 6.07) is 0.208. The zero-order valence-electron chi connectivity index (χ0n) is 11.8. The Hall–Kier alpha value is -0.300. The monoisotopic (exact) mass is 290 g/mol. The molecule has 0 spiro atoms. The molecule has 1 aliphatic carbocycles. The van der Waals surface area contributed by atoms with Gasteiger partial charge < -0.3 is 21.3 Å². The van der Waals surface area contributed by atoms with Crippen LogP contribution in [0.3, 0.4) is 0 Å². The van der Waals surface area contributed by atoms with E-state index in [1.54, 1.807) is 11.8 Å². The van der Waals surface area contributed by atoms with Gasteiger partial charge in [0, 0.05) is 17.0 Å². The van der Waals surface area contributed by atoms with E-state index in [-0.39, 0.29) is 18.6 Å². The number of amides is 1. The standard InChI is InChI=1S/C13H26N2O3S/c1-9(2)15-13(12(14)18)5-3-4-11(6-13)19-8-10(17)7-16/h9-11,15-17H,3-8H2,1-2H3,(H2,14,18). The number of aliphatic hydroxyl groups is 2. The van der Waals surface area contributed by atoms with Crippen molar-refractivity contribution in [2.45, 2.75) is 62.5 Å². The predicted octanol–water partition coefficient (Wildman–Crippen LogP) is 0.238. The summed E-state index contributed by atoms with van der Waals surface area (Å²) in [6.07, 6.45) is 2.77. The average molecular weight is 290 g/mol. The lowest BCUT2D eigenvalue weighted by Crippen LogP contribution is -2.60. The van der Waals surface area contributed by atoms with Gasteiger partial charge in [0.05, 0.1) is 18.2 Å². The van der Waals surface area contributed by atoms with Crippen LogP contribution in [0.15, 0.2) is 0 Å². The molecule has 5 N–H and O–H groups in total.